The summed E-state index contributed by atoms with van der Waals surface area (Å²) in [5.74, 6) is -2.38. The second-order valence-corrected chi connectivity index (χ2v) is 7.62. The monoisotopic (exact) mass is 393 g/mol. The molecule has 0 aromatic heterocycles. The molecule has 0 saturated carbocycles. The van der Waals surface area contributed by atoms with Crippen LogP contribution in [0.15, 0.2) is 54.7 Å². The van der Waals surface area contributed by atoms with E-state index in [1.165, 1.54) is 0 Å². The van der Waals surface area contributed by atoms with Crippen LogP contribution in [0.1, 0.15) is 17.2 Å². The standard InChI is InChI=1S/C21H16ClN3O3/c22-12-5-7-13(8-6-12)23-21(28)18-16-15(19(26)24-20(16)27)17-14-4-2-1-3-11(14)9-10-25(17)18/h1-10,15-18H,(H,23,28)(H,24,26,27). The molecule has 0 radical (unpaired) electrons. The molecule has 28 heavy (non-hydrogen) atoms. The second-order valence-electron chi connectivity index (χ2n) is 7.18. The molecule has 0 spiro atoms. The molecule has 4 atom stereocenters. The first-order chi connectivity index (χ1) is 13.5. The number of rotatable bonds is 2. The quantitative estimate of drug-likeness (QED) is 0.769. The summed E-state index contributed by atoms with van der Waals surface area (Å²) >= 11 is 5.90. The topological polar surface area (TPSA) is 78.5 Å². The van der Waals surface area contributed by atoms with Crippen LogP contribution in [0, 0.1) is 11.8 Å². The van der Waals surface area contributed by atoms with Gasteiger partial charge in [-0.05, 0) is 41.5 Å². The van der Waals surface area contributed by atoms with Crippen molar-refractivity contribution in [3.63, 3.8) is 0 Å². The Morgan fingerprint density at radius 2 is 1.71 bits per heavy atom. The van der Waals surface area contributed by atoms with E-state index in [4.69, 9.17) is 11.6 Å². The maximum atomic E-state index is 13.2. The van der Waals surface area contributed by atoms with Crippen molar-refractivity contribution >= 4 is 41.1 Å². The first kappa shape index (κ1) is 17.0. The molecule has 2 fully saturated rings. The summed E-state index contributed by atoms with van der Waals surface area (Å²) in [6, 6.07) is 13.4. The van der Waals surface area contributed by atoms with Crippen LogP contribution < -0.4 is 10.6 Å². The summed E-state index contributed by atoms with van der Waals surface area (Å²) in [4.78, 5) is 40.1. The second kappa shape index (κ2) is 6.21. The lowest BCUT2D eigenvalue weighted by Gasteiger charge is -2.34. The molecule has 2 N–H and O–H groups in total. The molecular formula is C21H16ClN3O3. The molecule has 0 aliphatic carbocycles. The molecule has 3 aliphatic heterocycles. The number of carbonyl (C=O) groups excluding carboxylic acids is 3. The zero-order valence-electron chi connectivity index (χ0n) is 14.6. The Kier molecular flexibility index (Phi) is 3.77. The van der Waals surface area contributed by atoms with Gasteiger partial charge in [0.2, 0.25) is 17.7 Å². The summed E-state index contributed by atoms with van der Waals surface area (Å²) in [5, 5.41) is 5.83. The Bertz CT molecular complexity index is 1030. The van der Waals surface area contributed by atoms with E-state index in [0.717, 1.165) is 11.1 Å². The minimum Gasteiger partial charge on any atom is -0.357 e. The number of amides is 3. The zero-order valence-corrected chi connectivity index (χ0v) is 15.4. The fraction of sp³-hybridized carbons (Fsp3) is 0.190. The molecule has 3 heterocycles. The lowest BCUT2D eigenvalue weighted by molar-refractivity contribution is -0.130. The molecule has 4 unspecified atom stereocenters. The Balaban J connectivity index is 1.54. The maximum Gasteiger partial charge on any atom is 0.247 e. The average molecular weight is 394 g/mol. The highest BCUT2D eigenvalue weighted by Crippen LogP contribution is 2.50. The fourth-order valence-electron chi connectivity index (χ4n) is 4.52. The molecule has 3 amide bonds. The lowest BCUT2D eigenvalue weighted by Crippen LogP contribution is -2.45. The van der Waals surface area contributed by atoms with Gasteiger partial charge >= 0.3 is 0 Å². The van der Waals surface area contributed by atoms with E-state index in [1.807, 2.05) is 41.4 Å². The lowest BCUT2D eigenvalue weighted by atomic mass is 9.84. The first-order valence-corrected chi connectivity index (χ1v) is 9.38. The number of anilines is 1. The molecule has 2 aromatic rings. The van der Waals surface area contributed by atoms with Crippen LogP contribution in [0.2, 0.25) is 5.02 Å². The van der Waals surface area contributed by atoms with Gasteiger partial charge in [-0.2, -0.15) is 0 Å². The summed E-state index contributed by atoms with van der Waals surface area (Å²) in [6.07, 6.45) is 3.73. The number of nitrogens with one attached hydrogen (secondary N) is 2. The van der Waals surface area contributed by atoms with Crippen molar-refractivity contribution in [3.8, 4) is 0 Å². The highest BCUT2D eigenvalue weighted by Gasteiger charge is 2.61. The van der Waals surface area contributed by atoms with Gasteiger partial charge in [-0.25, -0.2) is 0 Å². The average Bonchev–Trinajstić information content (AvgIpc) is 3.19. The van der Waals surface area contributed by atoms with E-state index >= 15 is 0 Å². The number of halogens is 1. The van der Waals surface area contributed by atoms with Crippen LogP contribution in [0.4, 0.5) is 5.69 Å². The van der Waals surface area contributed by atoms with Gasteiger partial charge in [0.05, 0.1) is 17.9 Å². The van der Waals surface area contributed by atoms with Gasteiger partial charge in [-0.3, -0.25) is 19.7 Å². The van der Waals surface area contributed by atoms with Crippen molar-refractivity contribution in [2.24, 2.45) is 11.8 Å². The molecule has 2 saturated heterocycles. The van der Waals surface area contributed by atoms with Crippen molar-refractivity contribution < 1.29 is 14.4 Å². The van der Waals surface area contributed by atoms with Crippen LogP contribution in [0.5, 0.6) is 0 Å². The fourth-order valence-corrected chi connectivity index (χ4v) is 4.65. The third-order valence-corrected chi connectivity index (χ3v) is 5.93. The summed E-state index contributed by atoms with van der Waals surface area (Å²) < 4.78 is 0. The van der Waals surface area contributed by atoms with E-state index in [-0.39, 0.29) is 17.9 Å². The van der Waals surface area contributed by atoms with E-state index in [0.29, 0.717) is 10.7 Å². The minimum atomic E-state index is -0.776. The Morgan fingerprint density at radius 1 is 1.00 bits per heavy atom. The maximum absolute atomic E-state index is 13.2. The largest absolute Gasteiger partial charge is 0.357 e. The van der Waals surface area contributed by atoms with Crippen molar-refractivity contribution in [2.75, 3.05) is 5.32 Å². The molecule has 3 aliphatic rings. The van der Waals surface area contributed by atoms with Crippen LogP contribution in [-0.2, 0) is 14.4 Å². The van der Waals surface area contributed by atoms with Crippen molar-refractivity contribution in [2.45, 2.75) is 12.1 Å². The number of hydrogen-bond acceptors (Lipinski definition) is 4. The van der Waals surface area contributed by atoms with Gasteiger partial charge in [0.25, 0.3) is 0 Å². The number of imide groups is 1. The smallest absolute Gasteiger partial charge is 0.247 e. The summed E-state index contributed by atoms with van der Waals surface area (Å²) in [6.45, 7) is 0. The summed E-state index contributed by atoms with van der Waals surface area (Å²) in [7, 11) is 0. The highest BCUT2D eigenvalue weighted by atomic mass is 35.5. The number of carbonyl (C=O) groups is 3. The van der Waals surface area contributed by atoms with Crippen LogP contribution in [-0.4, -0.2) is 28.7 Å². The van der Waals surface area contributed by atoms with Gasteiger partial charge in [-0.15, -0.1) is 0 Å². The van der Waals surface area contributed by atoms with Gasteiger partial charge in [0.1, 0.15) is 6.04 Å². The Hall–Kier alpha value is -3.12. The number of fused-ring (bicyclic) bond motifs is 5. The molecule has 2 aromatic carbocycles. The number of nitrogens with zero attached hydrogens (tertiary/aromatic N) is 1. The van der Waals surface area contributed by atoms with Gasteiger partial charge in [0, 0.05) is 16.9 Å². The number of benzene rings is 2. The molecule has 7 heteroatoms. The van der Waals surface area contributed by atoms with Crippen LogP contribution >= 0.6 is 11.6 Å². The predicted molar refractivity (Wildman–Crippen MR) is 104 cm³/mol. The molecule has 140 valence electrons. The van der Waals surface area contributed by atoms with Crippen molar-refractivity contribution in [3.05, 3.63) is 70.9 Å². The Morgan fingerprint density at radius 3 is 2.50 bits per heavy atom. The normalized spacial score (nSPS) is 27.1. The molecule has 0 bridgehead atoms. The van der Waals surface area contributed by atoms with Gasteiger partial charge in [0.15, 0.2) is 0 Å². The zero-order chi connectivity index (χ0) is 19.4. The van der Waals surface area contributed by atoms with Crippen molar-refractivity contribution in [1.29, 1.82) is 0 Å². The SMILES string of the molecule is O=C1NC(=O)C2C1C(C(=O)Nc1ccc(Cl)cc1)N1C=Cc3ccccc3C21. The molecule has 6 nitrogen and oxygen atoms in total. The number of hydrogen-bond donors (Lipinski definition) is 2. The van der Waals surface area contributed by atoms with E-state index in [9.17, 15) is 14.4 Å². The minimum absolute atomic E-state index is 0.322. The molecule has 5 rings (SSSR count). The summed E-state index contributed by atoms with van der Waals surface area (Å²) in [5.41, 5.74) is 2.53. The van der Waals surface area contributed by atoms with Crippen LogP contribution in [0.25, 0.3) is 6.08 Å². The highest BCUT2D eigenvalue weighted by molar-refractivity contribution is 6.30. The van der Waals surface area contributed by atoms with Crippen LogP contribution in [0.3, 0.4) is 0 Å². The van der Waals surface area contributed by atoms with E-state index in [2.05, 4.69) is 10.6 Å². The Labute approximate surface area is 166 Å². The van der Waals surface area contributed by atoms with Gasteiger partial charge < -0.3 is 10.2 Å². The first-order valence-electron chi connectivity index (χ1n) is 9.00. The third-order valence-electron chi connectivity index (χ3n) is 5.68. The van der Waals surface area contributed by atoms with Crippen molar-refractivity contribution in [1.82, 2.24) is 10.2 Å². The van der Waals surface area contributed by atoms with Gasteiger partial charge in [-0.1, -0.05) is 35.9 Å². The predicted octanol–water partition coefficient (Wildman–Crippen LogP) is 2.58. The van der Waals surface area contributed by atoms with E-state index in [1.54, 1.807) is 24.3 Å². The molecular weight excluding hydrogens is 378 g/mol. The van der Waals surface area contributed by atoms with E-state index < -0.39 is 23.8 Å². The third kappa shape index (κ3) is 2.45.